The summed E-state index contributed by atoms with van der Waals surface area (Å²) in [7, 11) is 0. The van der Waals surface area contributed by atoms with E-state index >= 15 is 0 Å². The number of halogens is 1. The maximum Gasteiger partial charge on any atom is 0.0502 e. The van der Waals surface area contributed by atoms with Crippen LogP contribution in [-0.2, 0) is 0 Å². The lowest BCUT2D eigenvalue weighted by molar-refractivity contribution is 0.117. The molecule has 2 N–H and O–H groups in total. The number of nitrogens with zero attached hydrogens (tertiary/aromatic N) is 1. The lowest BCUT2D eigenvalue weighted by Gasteiger charge is -2.38. The maximum atomic E-state index is 6.29. The fourth-order valence-electron chi connectivity index (χ4n) is 3.42. The second-order valence-corrected chi connectivity index (χ2v) is 6.23. The average Bonchev–Trinajstić information content (AvgIpc) is 2.73. The van der Waals surface area contributed by atoms with Crippen LogP contribution >= 0.6 is 11.6 Å². The number of rotatable bonds is 4. The van der Waals surface area contributed by atoms with Gasteiger partial charge < -0.3 is 5.73 Å². The Morgan fingerprint density at radius 2 is 1.95 bits per heavy atom. The molecule has 2 rings (SSSR count). The minimum atomic E-state index is 0.121. The van der Waals surface area contributed by atoms with Crippen LogP contribution in [-0.4, -0.2) is 23.0 Å². The molecule has 1 fully saturated rings. The van der Waals surface area contributed by atoms with Crippen molar-refractivity contribution in [2.24, 2.45) is 5.73 Å². The third-order valence-corrected chi connectivity index (χ3v) is 4.60. The van der Waals surface area contributed by atoms with Crippen LogP contribution in [0.4, 0.5) is 0 Å². The molecule has 0 aliphatic carbocycles. The quantitative estimate of drug-likeness (QED) is 0.903. The van der Waals surface area contributed by atoms with E-state index in [9.17, 15) is 0 Å². The highest BCUT2D eigenvalue weighted by molar-refractivity contribution is 6.30. The Morgan fingerprint density at radius 3 is 2.47 bits per heavy atom. The van der Waals surface area contributed by atoms with E-state index in [1.165, 1.54) is 24.8 Å². The van der Waals surface area contributed by atoms with Crippen LogP contribution in [0.1, 0.15) is 51.6 Å². The van der Waals surface area contributed by atoms with Gasteiger partial charge in [0.15, 0.2) is 0 Å². The van der Waals surface area contributed by atoms with E-state index in [4.69, 9.17) is 17.3 Å². The molecule has 0 amide bonds. The second-order valence-electron chi connectivity index (χ2n) is 5.79. The molecule has 3 heteroatoms. The molecule has 4 atom stereocenters. The van der Waals surface area contributed by atoms with E-state index < -0.39 is 0 Å². The highest BCUT2D eigenvalue weighted by Gasteiger charge is 2.36. The molecule has 0 aromatic heterocycles. The summed E-state index contributed by atoms with van der Waals surface area (Å²) in [5, 5.41) is 0.786. The molecule has 1 aliphatic rings. The van der Waals surface area contributed by atoms with Crippen LogP contribution in [0.5, 0.6) is 0 Å². The summed E-state index contributed by atoms with van der Waals surface area (Å²) in [5.74, 6) is 0. The standard InChI is InChI=1S/C16H25ClN2/c1-4-15-10-5-11(2)19(15)16(12(3)18)13-6-8-14(17)9-7-13/h6-9,11-12,15-16H,4-5,10,18H2,1-3H3. The summed E-state index contributed by atoms with van der Waals surface area (Å²) in [6.45, 7) is 6.70. The molecule has 0 radical (unpaired) electrons. The molecule has 1 saturated heterocycles. The lowest BCUT2D eigenvalue weighted by Crippen LogP contribution is -2.45. The van der Waals surface area contributed by atoms with Crippen molar-refractivity contribution >= 4 is 11.6 Å². The summed E-state index contributed by atoms with van der Waals surface area (Å²) in [5.41, 5.74) is 7.57. The highest BCUT2D eigenvalue weighted by Crippen LogP contribution is 2.36. The van der Waals surface area contributed by atoms with Gasteiger partial charge in [0.1, 0.15) is 0 Å². The van der Waals surface area contributed by atoms with Gasteiger partial charge in [-0.3, -0.25) is 4.90 Å². The fourth-order valence-corrected chi connectivity index (χ4v) is 3.54. The predicted octanol–water partition coefficient (Wildman–Crippen LogP) is 3.99. The zero-order valence-electron chi connectivity index (χ0n) is 12.1. The lowest BCUT2D eigenvalue weighted by atomic mass is 9.97. The van der Waals surface area contributed by atoms with Crippen LogP contribution in [0.3, 0.4) is 0 Å². The molecule has 1 aliphatic heterocycles. The van der Waals surface area contributed by atoms with Gasteiger partial charge in [0.25, 0.3) is 0 Å². The fraction of sp³-hybridized carbons (Fsp3) is 0.625. The SMILES string of the molecule is CCC1CCC(C)N1C(c1ccc(Cl)cc1)C(C)N. The third-order valence-electron chi connectivity index (χ3n) is 4.35. The van der Waals surface area contributed by atoms with Crippen LogP contribution in [0, 0.1) is 0 Å². The Bertz CT molecular complexity index is 402. The smallest absolute Gasteiger partial charge is 0.0502 e. The summed E-state index contributed by atoms with van der Waals surface area (Å²) in [6.07, 6.45) is 3.75. The minimum absolute atomic E-state index is 0.121. The van der Waals surface area contributed by atoms with E-state index in [1.54, 1.807) is 0 Å². The largest absolute Gasteiger partial charge is 0.326 e. The van der Waals surface area contributed by atoms with Gasteiger partial charge in [-0.05, 0) is 50.8 Å². The molecule has 1 heterocycles. The Labute approximate surface area is 121 Å². The van der Waals surface area contributed by atoms with Crippen LogP contribution in [0.15, 0.2) is 24.3 Å². The molecule has 1 aromatic rings. The van der Waals surface area contributed by atoms with Crippen LogP contribution < -0.4 is 5.73 Å². The molecule has 0 saturated carbocycles. The number of hydrogen-bond donors (Lipinski definition) is 1. The van der Waals surface area contributed by atoms with Gasteiger partial charge >= 0.3 is 0 Å². The molecule has 0 bridgehead atoms. The van der Waals surface area contributed by atoms with E-state index in [0.717, 1.165) is 5.02 Å². The van der Waals surface area contributed by atoms with Gasteiger partial charge in [0, 0.05) is 23.1 Å². The monoisotopic (exact) mass is 280 g/mol. The van der Waals surface area contributed by atoms with Crippen molar-refractivity contribution in [1.82, 2.24) is 4.90 Å². The van der Waals surface area contributed by atoms with Gasteiger partial charge in [-0.25, -0.2) is 0 Å². The van der Waals surface area contributed by atoms with Gasteiger partial charge in [0.05, 0.1) is 6.04 Å². The summed E-state index contributed by atoms with van der Waals surface area (Å²) >= 11 is 6.00. The molecule has 19 heavy (non-hydrogen) atoms. The van der Waals surface area contributed by atoms with Gasteiger partial charge in [0.2, 0.25) is 0 Å². The molecule has 0 spiro atoms. The van der Waals surface area contributed by atoms with Crippen molar-refractivity contribution in [1.29, 1.82) is 0 Å². The number of nitrogens with two attached hydrogens (primary N) is 1. The Morgan fingerprint density at radius 1 is 1.32 bits per heavy atom. The Kier molecular flexibility index (Phi) is 4.88. The van der Waals surface area contributed by atoms with Crippen molar-refractivity contribution < 1.29 is 0 Å². The minimum Gasteiger partial charge on any atom is -0.326 e. The number of hydrogen-bond acceptors (Lipinski definition) is 2. The topological polar surface area (TPSA) is 29.3 Å². The first kappa shape index (κ1) is 14.8. The van der Waals surface area contributed by atoms with Crippen molar-refractivity contribution in [2.45, 2.75) is 64.2 Å². The van der Waals surface area contributed by atoms with E-state index in [-0.39, 0.29) is 6.04 Å². The first-order chi connectivity index (χ1) is 9.04. The molecule has 2 nitrogen and oxygen atoms in total. The van der Waals surface area contributed by atoms with Crippen LogP contribution in [0.25, 0.3) is 0 Å². The van der Waals surface area contributed by atoms with E-state index in [1.807, 2.05) is 12.1 Å². The molecule has 1 aromatic carbocycles. The first-order valence-electron chi connectivity index (χ1n) is 7.33. The summed E-state index contributed by atoms with van der Waals surface area (Å²) in [4.78, 5) is 2.62. The molecule has 106 valence electrons. The second kappa shape index (κ2) is 6.25. The van der Waals surface area contributed by atoms with Gasteiger partial charge in [-0.1, -0.05) is 30.7 Å². The zero-order chi connectivity index (χ0) is 14.0. The van der Waals surface area contributed by atoms with Crippen molar-refractivity contribution in [3.63, 3.8) is 0 Å². The van der Waals surface area contributed by atoms with Crippen molar-refractivity contribution in [3.8, 4) is 0 Å². The Balaban J connectivity index is 2.31. The average molecular weight is 281 g/mol. The van der Waals surface area contributed by atoms with Gasteiger partial charge in [-0.15, -0.1) is 0 Å². The van der Waals surface area contributed by atoms with Crippen molar-refractivity contribution in [2.75, 3.05) is 0 Å². The van der Waals surface area contributed by atoms with Gasteiger partial charge in [-0.2, -0.15) is 0 Å². The summed E-state index contributed by atoms with van der Waals surface area (Å²) in [6, 6.07) is 9.85. The Hall–Kier alpha value is -0.570. The third kappa shape index (κ3) is 3.13. The summed E-state index contributed by atoms with van der Waals surface area (Å²) < 4.78 is 0. The molecular formula is C16H25ClN2. The number of benzene rings is 1. The van der Waals surface area contributed by atoms with Crippen molar-refractivity contribution in [3.05, 3.63) is 34.9 Å². The predicted molar refractivity (Wildman–Crippen MR) is 82.5 cm³/mol. The first-order valence-corrected chi connectivity index (χ1v) is 7.70. The highest BCUT2D eigenvalue weighted by atomic mass is 35.5. The van der Waals surface area contributed by atoms with E-state index in [0.29, 0.717) is 18.1 Å². The number of likely N-dealkylation sites (tertiary alicyclic amines) is 1. The molecule has 4 unspecified atom stereocenters. The zero-order valence-corrected chi connectivity index (χ0v) is 12.9. The van der Waals surface area contributed by atoms with Crippen LogP contribution in [0.2, 0.25) is 5.02 Å². The normalized spacial score (nSPS) is 27.4. The molecular weight excluding hydrogens is 256 g/mol. The van der Waals surface area contributed by atoms with E-state index in [2.05, 4.69) is 37.8 Å². The maximum absolute atomic E-state index is 6.29.